The van der Waals surface area contributed by atoms with Crippen LogP contribution in [0.15, 0.2) is 162 Å². The molecule has 0 bridgehead atoms. The predicted molar refractivity (Wildman–Crippen MR) is 287 cm³/mol. The minimum absolute atomic E-state index is 0.00807. The molecule has 0 amide bonds. The molecule has 10 aromatic rings. The van der Waals surface area contributed by atoms with E-state index in [0.29, 0.717) is 0 Å². The van der Waals surface area contributed by atoms with Gasteiger partial charge in [0.1, 0.15) is 11.2 Å². The molecule has 67 heavy (non-hydrogen) atoms. The summed E-state index contributed by atoms with van der Waals surface area (Å²) in [6.45, 7) is 14.4. The molecule has 2 atom stereocenters. The van der Waals surface area contributed by atoms with Crippen LogP contribution in [-0.4, -0.2) is 12.3 Å². The van der Waals surface area contributed by atoms with E-state index in [9.17, 15) is 0 Å². The molecule has 0 spiro atoms. The number of hydrogen-bond acceptors (Lipinski definition) is 5. The molecule has 326 valence electrons. The number of fused-ring (bicyclic) bond motifs is 13. The average Bonchev–Trinajstić information content (AvgIpc) is 3.97. The topological polar surface area (TPSA) is 22.9 Å². The molecule has 2 unspecified atom stereocenters. The van der Waals surface area contributed by atoms with Gasteiger partial charge in [-0.2, -0.15) is 0 Å². The molecule has 0 N–H and O–H groups in total. The monoisotopic (exact) mass is 885 g/mol. The van der Waals surface area contributed by atoms with Crippen LogP contribution in [0.4, 0.5) is 45.5 Å². The van der Waals surface area contributed by atoms with Crippen LogP contribution < -0.4 is 31.1 Å². The highest BCUT2D eigenvalue weighted by Crippen LogP contribution is 2.61. The van der Waals surface area contributed by atoms with Crippen molar-refractivity contribution in [3.63, 3.8) is 0 Å². The van der Waals surface area contributed by atoms with Crippen molar-refractivity contribution in [1.29, 1.82) is 0 Å². The van der Waals surface area contributed by atoms with Crippen molar-refractivity contribution in [3.8, 4) is 0 Å². The minimum atomic E-state index is -0.0702. The zero-order valence-corrected chi connectivity index (χ0v) is 39.9. The van der Waals surface area contributed by atoms with E-state index in [1.165, 1.54) is 112 Å². The highest BCUT2D eigenvalue weighted by atomic mass is 32.1. The van der Waals surface area contributed by atoms with Gasteiger partial charge in [-0.1, -0.05) is 125 Å². The number of para-hydroxylation sites is 2. The van der Waals surface area contributed by atoms with E-state index < -0.39 is 0 Å². The lowest BCUT2D eigenvalue weighted by molar-refractivity contribution is 0.195. The highest BCUT2D eigenvalue weighted by molar-refractivity contribution is 7.26. The van der Waals surface area contributed by atoms with Gasteiger partial charge in [-0.3, -0.25) is 0 Å². The van der Waals surface area contributed by atoms with Crippen molar-refractivity contribution in [3.05, 3.63) is 174 Å². The second-order valence-electron chi connectivity index (χ2n) is 21.3. The first-order valence-corrected chi connectivity index (χ1v) is 25.1. The smallest absolute Gasteiger partial charge is 0.252 e. The fourth-order valence-electron chi connectivity index (χ4n) is 13.2. The fourth-order valence-corrected chi connectivity index (χ4v) is 14.4. The molecular formula is C61H52BN3OS. The van der Waals surface area contributed by atoms with Crippen molar-refractivity contribution in [1.82, 2.24) is 0 Å². The van der Waals surface area contributed by atoms with Gasteiger partial charge in [0.2, 0.25) is 0 Å². The number of nitrogens with zero attached hydrogens (tertiary/aromatic N) is 3. The second kappa shape index (κ2) is 13.7. The van der Waals surface area contributed by atoms with Crippen molar-refractivity contribution < 1.29 is 4.42 Å². The number of rotatable bonds is 3. The normalized spacial score (nSPS) is 19.6. The number of aryl methyl sites for hydroxylation is 1. The zero-order valence-electron chi connectivity index (χ0n) is 39.1. The molecule has 4 nitrogen and oxygen atoms in total. The summed E-state index contributed by atoms with van der Waals surface area (Å²) >= 11 is 1.89. The summed E-state index contributed by atoms with van der Waals surface area (Å²) < 4.78 is 9.29. The molecule has 1 fully saturated rings. The number of hydrogen-bond donors (Lipinski definition) is 0. The van der Waals surface area contributed by atoms with Gasteiger partial charge in [0.05, 0.1) is 22.3 Å². The standard InChI is InChI=1S/C61H52BN3OS/c1-37-33-50-58-51(34-37)64(47-22-16-26-55-57(47)41-18-8-12-25-54(41)67-55)48-35-38(59(2,3)4)27-29-43(48)62(58)44-30-28-39(65-45-20-10-9-19-42(45)60(5)31-13-14-32-61(60,65)6)36-49(44)63(50)46-21-15-24-53-56(46)40-17-7-11-23-52(40)66-53/h7-12,15-30,33-36H,13-14,31-32H2,1-6H3. The molecular weight excluding hydrogens is 834 g/mol. The Labute approximate surface area is 397 Å². The van der Waals surface area contributed by atoms with Crippen LogP contribution in [0.25, 0.3) is 42.1 Å². The molecule has 0 saturated heterocycles. The maximum atomic E-state index is 6.67. The van der Waals surface area contributed by atoms with E-state index in [0.717, 1.165) is 34.0 Å². The van der Waals surface area contributed by atoms with Gasteiger partial charge in [0.25, 0.3) is 6.71 Å². The molecule has 6 heteroatoms. The Morgan fingerprint density at radius 2 is 1.18 bits per heavy atom. The lowest BCUT2D eigenvalue weighted by Gasteiger charge is -2.50. The van der Waals surface area contributed by atoms with Gasteiger partial charge in [-0.25, -0.2) is 0 Å². The third-order valence-electron chi connectivity index (χ3n) is 16.6. The van der Waals surface area contributed by atoms with E-state index in [4.69, 9.17) is 4.42 Å². The Kier molecular flexibility index (Phi) is 8.04. The van der Waals surface area contributed by atoms with Crippen LogP contribution in [0.3, 0.4) is 0 Å². The van der Waals surface area contributed by atoms with Gasteiger partial charge >= 0.3 is 0 Å². The van der Waals surface area contributed by atoms with Crippen LogP contribution in [0.1, 0.15) is 77.0 Å². The van der Waals surface area contributed by atoms with Crippen molar-refractivity contribution in [2.24, 2.45) is 0 Å². The summed E-state index contributed by atoms with van der Waals surface area (Å²) in [6.07, 6.45) is 4.84. The van der Waals surface area contributed by atoms with Gasteiger partial charge in [-0.05, 0) is 138 Å². The first-order valence-electron chi connectivity index (χ1n) is 24.3. The number of benzene rings is 8. The molecule has 1 aliphatic carbocycles. The Morgan fingerprint density at radius 1 is 0.552 bits per heavy atom. The van der Waals surface area contributed by atoms with Gasteiger partial charge in [0.15, 0.2) is 0 Å². The highest BCUT2D eigenvalue weighted by Gasteiger charge is 2.58. The summed E-state index contributed by atoms with van der Waals surface area (Å²) in [6, 6.07) is 60.1. The third kappa shape index (κ3) is 5.25. The molecule has 14 rings (SSSR count). The summed E-state index contributed by atoms with van der Waals surface area (Å²) in [4.78, 5) is 7.98. The third-order valence-corrected chi connectivity index (χ3v) is 17.7. The summed E-state index contributed by atoms with van der Waals surface area (Å²) in [5.41, 5.74) is 19.7. The van der Waals surface area contributed by atoms with Gasteiger partial charge in [0, 0.05) is 65.1 Å². The Balaban J connectivity index is 1.09. The van der Waals surface area contributed by atoms with Crippen LogP contribution in [0.5, 0.6) is 0 Å². The second-order valence-corrected chi connectivity index (χ2v) is 22.3. The van der Waals surface area contributed by atoms with Crippen molar-refractivity contribution in [2.75, 3.05) is 14.7 Å². The molecule has 3 aliphatic heterocycles. The molecule has 8 aromatic carbocycles. The minimum Gasteiger partial charge on any atom is -0.456 e. The maximum absolute atomic E-state index is 6.67. The van der Waals surface area contributed by atoms with Crippen LogP contribution in [0, 0.1) is 6.92 Å². The Hall–Kier alpha value is -6.76. The predicted octanol–water partition coefficient (Wildman–Crippen LogP) is 15.4. The van der Waals surface area contributed by atoms with E-state index in [-0.39, 0.29) is 23.1 Å². The van der Waals surface area contributed by atoms with E-state index in [1.54, 1.807) is 0 Å². The lowest BCUT2D eigenvalue weighted by atomic mass is 9.33. The maximum Gasteiger partial charge on any atom is 0.252 e. The van der Waals surface area contributed by atoms with Crippen LogP contribution in [-0.2, 0) is 10.8 Å². The number of anilines is 8. The molecule has 5 heterocycles. The van der Waals surface area contributed by atoms with E-state index in [2.05, 4.69) is 214 Å². The van der Waals surface area contributed by atoms with Crippen LogP contribution in [0.2, 0.25) is 0 Å². The number of thiophene rings is 1. The van der Waals surface area contributed by atoms with Crippen molar-refractivity contribution >= 4 is 122 Å². The fraction of sp³-hybridized carbons (Fsp3) is 0.213. The van der Waals surface area contributed by atoms with E-state index >= 15 is 0 Å². The first-order chi connectivity index (χ1) is 32.5. The molecule has 4 aliphatic rings. The summed E-state index contributed by atoms with van der Waals surface area (Å²) in [5, 5.41) is 4.88. The number of furan rings is 1. The molecule has 0 radical (unpaired) electrons. The largest absolute Gasteiger partial charge is 0.456 e. The average molecular weight is 886 g/mol. The molecule has 1 saturated carbocycles. The van der Waals surface area contributed by atoms with Crippen molar-refractivity contribution in [2.45, 2.75) is 83.6 Å². The molecule has 2 aromatic heterocycles. The summed E-state index contributed by atoms with van der Waals surface area (Å²) in [5.74, 6) is 0. The SMILES string of the molecule is Cc1cc2c3c(c1)N(c1cccc4sc5ccccc5c14)c1cc(C(C)(C)C)ccc1B3c1ccc(N3c4ccccc4C4(C)CCCCC34C)cc1N2c1cccc2oc3ccccc3c12. The van der Waals surface area contributed by atoms with Crippen LogP contribution >= 0.6 is 11.3 Å². The Bertz CT molecular complexity index is 3750. The zero-order chi connectivity index (χ0) is 45.1. The summed E-state index contributed by atoms with van der Waals surface area (Å²) in [7, 11) is 0. The lowest BCUT2D eigenvalue weighted by Crippen LogP contribution is -2.61. The van der Waals surface area contributed by atoms with Gasteiger partial charge < -0.3 is 19.1 Å². The quantitative estimate of drug-likeness (QED) is 0.165. The van der Waals surface area contributed by atoms with Gasteiger partial charge in [-0.15, -0.1) is 11.3 Å². The van der Waals surface area contributed by atoms with E-state index in [1.807, 2.05) is 11.3 Å². The Morgan fingerprint density at radius 3 is 1.99 bits per heavy atom. The first kappa shape index (κ1) is 39.4.